The number of hydrogen-bond acceptors (Lipinski definition) is 3. The Morgan fingerprint density at radius 1 is 1.21 bits per heavy atom. The minimum absolute atomic E-state index is 0.165. The highest BCUT2D eigenvalue weighted by atomic mass is 32.1. The second kappa shape index (κ2) is 4.20. The van der Waals surface area contributed by atoms with Crippen LogP contribution in [0.15, 0.2) is 29.3 Å². The monoisotopic (exact) mass is 271 g/mol. The van der Waals surface area contributed by atoms with Gasteiger partial charge in [-0.15, -0.1) is 0 Å². The van der Waals surface area contributed by atoms with Crippen LogP contribution in [0, 0.1) is 4.77 Å². The van der Waals surface area contributed by atoms with Crippen molar-refractivity contribution in [3.05, 3.63) is 40.3 Å². The standard InChI is InChI=1S/C14H13N3OS/c1-16-12(13(18)17(2)14(16)19)7-9-8-15-11-6-4-3-5-10(9)11/h3-8,18H,1-2H3. The molecular weight excluding hydrogens is 258 g/mol. The molecule has 1 N–H and O–H groups in total. The maximum atomic E-state index is 10.1. The number of imidazole rings is 1. The molecule has 1 aromatic carbocycles. The lowest BCUT2D eigenvalue weighted by Crippen LogP contribution is -1.92. The largest absolute Gasteiger partial charge is 0.493 e. The van der Waals surface area contributed by atoms with Crippen molar-refractivity contribution in [3.8, 4) is 5.88 Å². The zero-order valence-corrected chi connectivity index (χ0v) is 11.5. The molecule has 1 aromatic heterocycles. The molecule has 0 aliphatic carbocycles. The first-order valence-electron chi connectivity index (χ1n) is 5.89. The number of allylic oxidation sites excluding steroid dienone is 1. The maximum absolute atomic E-state index is 10.1. The van der Waals surface area contributed by atoms with E-state index in [1.165, 1.54) is 0 Å². The predicted molar refractivity (Wildman–Crippen MR) is 79.3 cm³/mol. The van der Waals surface area contributed by atoms with E-state index in [9.17, 15) is 5.11 Å². The first-order chi connectivity index (χ1) is 9.09. The number of fused-ring (bicyclic) bond motifs is 1. The fourth-order valence-electron chi connectivity index (χ4n) is 2.20. The highest BCUT2D eigenvalue weighted by molar-refractivity contribution is 7.71. The Bertz CT molecular complexity index is 780. The first kappa shape index (κ1) is 11.9. The molecule has 0 unspecified atom stereocenters. The minimum Gasteiger partial charge on any atom is -0.493 e. The summed E-state index contributed by atoms with van der Waals surface area (Å²) in [4.78, 5) is 4.35. The van der Waals surface area contributed by atoms with Crippen LogP contribution in [0.2, 0.25) is 0 Å². The lowest BCUT2D eigenvalue weighted by atomic mass is 10.1. The Balaban J connectivity index is 2.18. The van der Waals surface area contributed by atoms with E-state index < -0.39 is 0 Å². The van der Waals surface area contributed by atoms with Gasteiger partial charge in [0.1, 0.15) is 5.69 Å². The van der Waals surface area contributed by atoms with E-state index in [4.69, 9.17) is 12.2 Å². The normalized spacial score (nSPS) is 15.2. The molecule has 0 bridgehead atoms. The highest BCUT2D eigenvalue weighted by Gasteiger charge is 2.15. The molecule has 4 nitrogen and oxygen atoms in total. The van der Waals surface area contributed by atoms with Gasteiger partial charge in [0, 0.05) is 31.4 Å². The molecule has 5 heteroatoms. The van der Waals surface area contributed by atoms with Crippen LogP contribution in [0.1, 0.15) is 11.3 Å². The molecule has 0 fully saturated rings. The Morgan fingerprint density at radius 3 is 2.63 bits per heavy atom. The molecule has 0 spiro atoms. The van der Waals surface area contributed by atoms with Gasteiger partial charge >= 0.3 is 0 Å². The predicted octanol–water partition coefficient (Wildman–Crippen LogP) is 3.06. The van der Waals surface area contributed by atoms with E-state index >= 15 is 0 Å². The van der Waals surface area contributed by atoms with Gasteiger partial charge < -0.3 is 9.67 Å². The van der Waals surface area contributed by atoms with Crippen LogP contribution in [0.5, 0.6) is 5.88 Å². The molecule has 96 valence electrons. The molecule has 2 heterocycles. The van der Waals surface area contributed by atoms with Gasteiger partial charge in [0.05, 0.1) is 5.69 Å². The van der Waals surface area contributed by atoms with Gasteiger partial charge in [0.2, 0.25) is 5.88 Å². The molecule has 1 aliphatic heterocycles. The average Bonchev–Trinajstić information content (AvgIpc) is 2.91. The molecular formula is C14H13N3OS. The molecule has 0 radical (unpaired) electrons. The average molecular weight is 271 g/mol. The van der Waals surface area contributed by atoms with Crippen LogP contribution in [-0.4, -0.2) is 20.5 Å². The van der Waals surface area contributed by atoms with Crippen molar-refractivity contribution >= 4 is 35.8 Å². The molecule has 2 aromatic rings. The van der Waals surface area contributed by atoms with Crippen molar-refractivity contribution in [2.24, 2.45) is 19.1 Å². The number of aliphatic imine (C=N–C) groups is 1. The second-order valence-electron chi connectivity index (χ2n) is 4.48. The van der Waals surface area contributed by atoms with E-state index in [-0.39, 0.29) is 5.88 Å². The SMILES string of the molecule is Cn1c(O)c(C=C2C=Nc3ccccc32)n(C)c1=S. The lowest BCUT2D eigenvalue weighted by molar-refractivity contribution is 0.430. The van der Waals surface area contributed by atoms with E-state index in [0.29, 0.717) is 10.5 Å². The summed E-state index contributed by atoms with van der Waals surface area (Å²) in [7, 11) is 3.59. The molecule has 0 amide bonds. The van der Waals surface area contributed by atoms with Gasteiger partial charge in [0.15, 0.2) is 4.77 Å². The smallest absolute Gasteiger partial charge is 0.217 e. The zero-order valence-electron chi connectivity index (χ0n) is 10.7. The van der Waals surface area contributed by atoms with Crippen molar-refractivity contribution in [2.75, 3.05) is 0 Å². The number of nitrogens with zero attached hydrogens (tertiary/aromatic N) is 3. The number of aromatic nitrogens is 2. The Morgan fingerprint density at radius 2 is 1.95 bits per heavy atom. The van der Waals surface area contributed by atoms with Crippen molar-refractivity contribution in [1.29, 1.82) is 0 Å². The fraction of sp³-hybridized carbons (Fsp3) is 0.143. The van der Waals surface area contributed by atoms with Gasteiger partial charge in [-0.05, 0) is 24.4 Å². The third kappa shape index (κ3) is 1.74. The zero-order chi connectivity index (χ0) is 13.6. The van der Waals surface area contributed by atoms with Gasteiger partial charge in [0.25, 0.3) is 0 Å². The van der Waals surface area contributed by atoms with E-state index in [2.05, 4.69) is 4.99 Å². The Hall–Kier alpha value is -2.14. The van der Waals surface area contributed by atoms with E-state index in [0.717, 1.165) is 16.8 Å². The van der Waals surface area contributed by atoms with Gasteiger partial charge in [-0.2, -0.15) is 0 Å². The summed E-state index contributed by atoms with van der Waals surface area (Å²) in [5, 5.41) is 10.1. The summed E-state index contributed by atoms with van der Waals surface area (Å²) < 4.78 is 3.94. The third-order valence-corrected chi connectivity index (χ3v) is 3.88. The summed E-state index contributed by atoms with van der Waals surface area (Å²) in [5.41, 5.74) is 3.68. The minimum atomic E-state index is 0.165. The number of para-hydroxylation sites is 1. The molecule has 0 atom stereocenters. The lowest BCUT2D eigenvalue weighted by Gasteiger charge is -2.00. The Labute approximate surface area is 116 Å². The molecule has 19 heavy (non-hydrogen) atoms. The van der Waals surface area contributed by atoms with Crippen LogP contribution in [0.3, 0.4) is 0 Å². The van der Waals surface area contributed by atoms with Crippen molar-refractivity contribution in [1.82, 2.24) is 9.13 Å². The van der Waals surface area contributed by atoms with Crippen molar-refractivity contribution in [3.63, 3.8) is 0 Å². The summed E-state index contributed by atoms with van der Waals surface area (Å²) in [6, 6.07) is 7.92. The first-order valence-corrected chi connectivity index (χ1v) is 6.30. The van der Waals surface area contributed by atoms with Gasteiger partial charge in [-0.25, -0.2) is 0 Å². The van der Waals surface area contributed by atoms with Gasteiger partial charge in [-0.1, -0.05) is 18.2 Å². The van der Waals surface area contributed by atoms with Crippen LogP contribution < -0.4 is 0 Å². The van der Waals surface area contributed by atoms with Crippen molar-refractivity contribution in [2.45, 2.75) is 0 Å². The summed E-state index contributed by atoms with van der Waals surface area (Å²) in [6.07, 6.45) is 3.71. The highest BCUT2D eigenvalue weighted by Crippen LogP contribution is 2.33. The van der Waals surface area contributed by atoms with E-state index in [1.54, 1.807) is 22.4 Å². The summed E-state index contributed by atoms with van der Waals surface area (Å²) in [5.74, 6) is 0.165. The molecule has 1 aliphatic rings. The topological polar surface area (TPSA) is 42.4 Å². The van der Waals surface area contributed by atoms with E-state index in [1.807, 2.05) is 37.4 Å². The molecule has 0 saturated carbocycles. The van der Waals surface area contributed by atoms with Crippen LogP contribution in [0.25, 0.3) is 11.6 Å². The van der Waals surface area contributed by atoms with Crippen LogP contribution in [0.4, 0.5) is 5.69 Å². The van der Waals surface area contributed by atoms with Crippen LogP contribution >= 0.6 is 12.2 Å². The number of aromatic hydroxyl groups is 1. The fourth-order valence-corrected chi connectivity index (χ4v) is 2.39. The molecule has 3 rings (SSSR count). The summed E-state index contributed by atoms with van der Waals surface area (Å²) >= 11 is 5.22. The quantitative estimate of drug-likeness (QED) is 0.810. The van der Waals surface area contributed by atoms with Crippen molar-refractivity contribution < 1.29 is 5.11 Å². The number of benzene rings is 1. The number of hydrogen-bond donors (Lipinski definition) is 1. The maximum Gasteiger partial charge on any atom is 0.217 e. The third-order valence-electron chi connectivity index (χ3n) is 3.33. The van der Waals surface area contributed by atoms with Gasteiger partial charge in [-0.3, -0.25) is 9.56 Å². The molecule has 0 saturated heterocycles. The number of rotatable bonds is 1. The summed E-state index contributed by atoms with van der Waals surface area (Å²) in [6.45, 7) is 0. The van der Waals surface area contributed by atoms with Crippen LogP contribution in [-0.2, 0) is 14.1 Å². The second-order valence-corrected chi connectivity index (χ2v) is 4.85. The Kier molecular flexibility index (Phi) is 2.64.